The van der Waals surface area contributed by atoms with E-state index in [9.17, 15) is 0 Å². The Labute approximate surface area is 242 Å². The fraction of sp³-hybridized carbons (Fsp3) is 0.688. The van der Waals surface area contributed by atoms with Crippen LogP contribution in [-0.2, 0) is 37.9 Å². The Bertz CT molecular complexity index is 769. The smallest absolute Gasteiger partial charge is 0.118 e. The minimum absolute atomic E-state index is 0.0166. The lowest BCUT2D eigenvalue weighted by molar-refractivity contribution is -0.0671. The lowest BCUT2D eigenvalue weighted by Gasteiger charge is -2.19. The topological polar surface area (TPSA) is 73.8 Å². The molecule has 40 heavy (non-hydrogen) atoms. The molecule has 8 heteroatoms. The van der Waals surface area contributed by atoms with Crippen molar-refractivity contribution < 1.29 is 37.9 Å². The highest BCUT2D eigenvalue weighted by atomic mass is 16.6. The molecule has 6 atom stereocenters. The van der Waals surface area contributed by atoms with Gasteiger partial charge in [-0.1, -0.05) is 24.3 Å². The number of rotatable bonds is 22. The third kappa shape index (κ3) is 16.4. The van der Waals surface area contributed by atoms with Gasteiger partial charge in [0.1, 0.15) is 12.2 Å². The lowest BCUT2D eigenvalue weighted by Crippen LogP contribution is -2.26. The molecule has 0 N–H and O–H groups in total. The zero-order valence-electron chi connectivity index (χ0n) is 26.4. The van der Waals surface area contributed by atoms with Crippen LogP contribution < -0.4 is 0 Å². The fourth-order valence-electron chi connectivity index (χ4n) is 3.51. The Balaban J connectivity index is 2.43. The molecule has 1 aromatic rings. The Morgan fingerprint density at radius 3 is 1.07 bits per heavy atom. The molecular weight excluding hydrogens is 512 g/mol. The van der Waals surface area contributed by atoms with E-state index in [2.05, 4.69) is 24.3 Å². The molecule has 0 aliphatic carbocycles. The van der Waals surface area contributed by atoms with E-state index in [1.54, 1.807) is 26.7 Å². The molecule has 0 saturated carbocycles. The van der Waals surface area contributed by atoms with Gasteiger partial charge in [-0.2, -0.15) is 0 Å². The highest BCUT2D eigenvalue weighted by Crippen LogP contribution is 2.20. The summed E-state index contributed by atoms with van der Waals surface area (Å²) in [5, 5.41) is 0. The molecule has 1 rings (SSSR count). The summed E-state index contributed by atoms with van der Waals surface area (Å²) < 4.78 is 45.0. The minimum atomic E-state index is -0.0731. The van der Waals surface area contributed by atoms with Gasteiger partial charge in [0.25, 0.3) is 0 Å². The van der Waals surface area contributed by atoms with Gasteiger partial charge in [-0.3, -0.25) is 0 Å². The van der Waals surface area contributed by atoms with Crippen LogP contribution in [0.2, 0.25) is 0 Å². The van der Waals surface area contributed by atoms with E-state index < -0.39 is 0 Å². The van der Waals surface area contributed by atoms with Gasteiger partial charge in [0, 0.05) is 14.2 Å². The van der Waals surface area contributed by atoms with Crippen molar-refractivity contribution in [3.05, 3.63) is 47.9 Å². The third-order valence-corrected chi connectivity index (χ3v) is 6.01. The first-order valence-corrected chi connectivity index (χ1v) is 14.2. The van der Waals surface area contributed by atoms with Crippen LogP contribution >= 0.6 is 0 Å². The zero-order chi connectivity index (χ0) is 29.9. The minimum Gasteiger partial charge on any atom is -0.496 e. The average molecular weight is 567 g/mol. The number of ether oxygens (including phenoxy) is 8. The predicted octanol–water partition coefficient (Wildman–Crippen LogP) is 6.13. The lowest BCUT2D eigenvalue weighted by atomic mass is 10.0. The van der Waals surface area contributed by atoms with Crippen LogP contribution in [0.15, 0.2) is 36.8 Å². The largest absolute Gasteiger partial charge is 0.496 e. The molecule has 0 aromatic heterocycles. The van der Waals surface area contributed by atoms with E-state index in [0.29, 0.717) is 39.6 Å². The second kappa shape index (κ2) is 20.9. The van der Waals surface area contributed by atoms with Crippen molar-refractivity contribution in [1.29, 1.82) is 0 Å². The summed E-state index contributed by atoms with van der Waals surface area (Å²) in [7, 11) is 3.34. The standard InChI is InChI=1S/C32H54O8/c1-23(15-35-27(5)19-39-29(7)21-37-25(3)17-33-9)31-11-13-32(14-12-31)24(2)16-36-28(6)20-40-30(8)22-38-26(4)18-34-10/h11-16,25-30H,17-22H2,1-10H3. The van der Waals surface area contributed by atoms with E-state index >= 15 is 0 Å². The van der Waals surface area contributed by atoms with Crippen molar-refractivity contribution in [1.82, 2.24) is 0 Å². The Hall–Kier alpha value is -1.94. The van der Waals surface area contributed by atoms with Gasteiger partial charge in [-0.05, 0) is 77.7 Å². The van der Waals surface area contributed by atoms with Crippen molar-refractivity contribution >= 4 is 11.1 Å². The normalized spacial score (nSPS) is 17.1. The first-order valence-electron chi connectivity index (χ1n) is 14.2. The average Bonchev–Trinajstić information content (AvgIpc) is 2.94. The molecule has 0 fully saturated rings. The Kier molecular flexibility index (Phi) is 18.8. The van der Waals surface area contributed by atoms with Crippen LogP contribution in [0.1, 0.15) is 66.5 Å². The van der Waals surface area contributed by atoms with Crippen LogP contribution in [0, 0.1) is 0 Å². The summed E-state index contributed by atoms with van der Waals surface area (Å²) in [6, 6.07) is 8.34. The summed E-state index contributed by atoms with van der Waals surface area (Å²) in [6.45, 7) is 19.2. The molecule has 0 aliphatic rings. The zero-order valence-corrected chi connectivity index (χ0v) is 26.4. The Morgan fingerprint density at radius 1 is 0.500 bits per heavy atom. The third-order valence-electron chi connectivity index (χ3n) is 6.01. The van der Waals surface area contributed by atoms with Crippen molar-refractivity contribution in [2.45, 2.75) is 92.0 Å². The molecule has 0 spiro atoms. The summed E-state index contributed by atoms with van der Waals surface area (Å²) in [5.41, 5.74) is 4.28. The first-order chi connectivity index (χ1) is 19.0. The number of methoxy groups -OCH3 is 2. The predicted molar refractivity (Wildman–Crippen MR) is 160 cm³/mol. The highest BCUT2D eigenvalue weighted by Gasteiger charge is 2.11. The van der Waals surface area contributed by atoms with E-state index in [0.717, 1.165) is 22.3 Å². The fourth-order valence-corrected chi connectivity index (χ4v) is 3.51. The van der Waals surface area contributed by atoms with Crippen molar-refractivity contribution in [2.24, 2.45) is 0 Å². The van der Waals surface area contributed by atoms with Gasteiger partial charge in [-0.15, -0.1) is 0 Å². The maximum absolute atomic E-state index is 5.89. The molecule has 0 radical (unpaired) electrons. The highest BCUT2D eigenvalue weighted by molar-refractivity contribution is 5.68. The molecule has 0 amide bonds. The molecule has 0 heterocycles. The number of allylic oxidation sites excluding steroid dienone is 2. The van der Waals surface area contributed by atoms with Gasteiger partial charge in [-0.25, -0.2) is 0 Å². The van der Waals surface area contributed by atoms with Crippen molar-refractivity contribution in [2.75, 3.05) is 53.9 Å². The van der Waals surface area contributed by atoms with E-state index in [-0.39, 0.29) is 36.6 Å². The van der Waals surface area contributed by atoms with Gasteiger partial charge in [0.15, 0.2) is 0 Å². The van der Waals surface area contributed by atoms with E-state index in [1.165, 1.54) is 0 Å². The number of hydrogen-bond donors (Lipinski definition) is 0. The summed E-state index contributed by atoms with van der Waals surface area (Å²) in [5.74, 6) is 0. The summed E-state index contributed by atoms with van der Waals surface area (Å²) >= 11 is 0. The quantitative estimate of drug-likeness (QED) is 0.155. The Morgan fingerprint density at radius 2 is 0.775 bits per heavy atom. The van der Waals surface area contributed by atoms with Crippen LogP contribution in [0.5, 0.6) is 0 Å². The van der Waals surface area contributed by atoms with Gasteiger partial charge in [0.2, 0.25) is 0 Å². The molecule has 6 unspecified atom stereocenters. The van der Waals surface area contributed by atoms with E-state index in [4.69, 9.17) is 37.9 Å². The van der Waals surface area contributed by atoms with Crippen molar-refractivity contribution in [3.8, 4) is 0 Å². The summed E-state index contributed by atoms with van der Waals surface area (Å²) in [6.07, 6.45) is 3.51. The molecule has 230 valence electrons. The first kappa shape index (κ1) is 36.1. The van der Waals surface area contributed by atoms with Crippen LogP contribution in [0.4, 0.5) is 0 Å². The second-order valence-electron chi connectivity index (χ2n) is 10.6. The van der Waals surface area contributed by atoms with Crippen molar-refractivity contribution in [3.63, 3.8) is 0 Å². The van der Waals surface area contributed by atoms with Crippen LogP contribution in [-0.4, -0.2) is 90.5 Å². The number of benzene rings is 1. The molecule has 0 aliphatic heterocycles. The maximum Gasteiger partial charge on any atom is 0.118 e. The van der Waals surface area contributed by atoms with Crippen LogP contribution in [0.3, 0.4) is 0 Å². The molecule has 0 bridgehead atoms. The van der Waals surface area contributed by atoms with Crippen LogP contribution in [0.25, 0.3) is 11.1 Å². The number of hydrogen-bond acceptors (Lipinski definition) is 8. The molecular formula is C32H54O8. The SMILES string of the molecule is COCC(C)OCC(C)OCC(C)OC=C(C)c1ccc(C(C)=COC(C)COC(C)COC(C)COC)cc1. The molecule has 0 saturated heterocycles. The summed E-state index contributed by atoms with van der Waals surface area (Å²) in [4.78, 5) is 0. The van der Waals surface area contributed by atoms with Gasteiger partial charge >= 0.3 is 0 Å². The van der Waals surface area contributed by atoms with Gasteiger partial charge in [0.05, 0.1) is 76.6 Å². The maximum atomic E-state index is 5.89. The monoisotopic (exact) mass is 566 g/mol. The van der Waals surface area contributed by atoms with E-state index in [1.807, 2.05) is 55.4 Å². The second-order valence-corrected chi connectivity index (χ2v) is 10.6. The molecule has 1 aromatic carbocycles. The van der Waals surface area contributed by atoms with Gasteiger partial charge < -0.3 is 37.9 Å². The molecule has 8 nitrogen and oxygen atoms in total.